The number of ether oxygens (including phenoxy) is 1. The quantitative estimate of drug-likeness (QED) is 0.800. The molecule has 0 spiro atoms. The van der Waals surface area contributed by atoms with Crippen LogP contribution in [0.3, 0.4) is 0 Å². The number of rotatable bonds is 3. The number of carbonyl (C=O) groups excluding carboxylic acids is 1. The first-order valence-electron chi connectivity index (χ1n) is 9.39. The SMILES string of the molecule is Cc1cc(N2CCOCC2)ccc1/C=C1\SC(=Nc2ccccc2C)NC1=O. The lowest BCUT2D eigenvalue weighted by atomic mass is 10.1. The molecule has 2 fully saturated rings. The molecule has 2 heterocycles. The number of thioether (sulfide) groups is 1. The fourth-order valence-corrected chi connectivity index (χ4v) is 4.09. The number of carbonyl (C=O) groups is 1. The molecule has 6 heteroatoms. The van der Waals surface area contributed by atoms with Crippen LogP contribution in [0.1, 0.15) is 16.7 Å². The van der Waals surface area contributed by atoms with Crippen molar-refractivity contribution in [2.75, 3.05) is 31.2 Å². The molecule has 144 valence electrons. The van der Waals surface area contributed by atoms with Crippen LogP contribution in [-0.2, 0) is 9.53 Å². The van der Waals surface area contributed by atoms with Crippen molar-refractivity contribution in [3.05, 3.63) is 64.1 Å². The predicted molar refractivity (Wildman–Crippen MR) is 116 cm³/mol. The lowest BCUT2D eigenvalue weighted by Crippen LogP contribution is -2.36. The van der Waals surface area contributed by atoms with Gasteiger partial charge < -0.3 is 15.0 Å². The summed E-state index contributed by atoms with van der Waals surface area (Å²) in [6.07, 6.45) is 1.94. The van der Waals surface area contributed by atoms with Crippen LogP contribution in [0, 0.1) is 13.8 Å². The number of amides is 1. The molecule has 2 aliphatic rings. The van der Waals surface area contributed by atoms with E-state index >= 15 is 0 Å². The van der Waals surface area contributed by atoms with E-state index < -0.39 is 0 Å². The minimum Gasteiger partial charge on any atom is -0.378 e. The summed E-state index contributed by atoms with van der Waals surface area (Å²) in [6.45, 7) is 7.45. The minimum atomic E-state index is -0.103. The van der Waals surface area contributed by atoms with Crippen molar-refractivity contribution in [1.82, 2.24) is 5.32 Å². The maximum atomic E-state index is 12.4. The van der Waals surface area contributed by atoms with Gasteiger partial charge in [0, 0.05) is 18.8 Å². The molecule has 0 saturated carbocycles. The normalized spacial score (nSPS) is 20.1. The van der Waals surface area contributed by atoms with Crippen LogP contribution in [-0.4, -0.2) is 37.4 Å². The van der Waals surface area contributed by atoms with Gasteiger partial charge in [0.05, 0.1) is 23.8 Å². The van der Waals surface area contributed by atoms with Crippen molar-refractivity contribution >= 4 is 40.3 Å². The summed E-state index contributed by atoms with van der Waals surface area (Å²) < 4.78 is 5.43. The van der Waals surface area contributed by atoms with Crippen molar-refractivity contribution < 1.29 is 9.53 Å². The van der Waals surface area contributed by atoms with Gasteiger partial charge in [-0.3, -0.25) is 4.79 Å². The van der Waals surface area contributed by atoms with Gasteiger partial charge in [-0.2, -0.15) is 0 Å². The van der Waals surface area contributed by atoms with Crippen LogP contribution in [0.4, 0.5) is 11.4 Å². The van der Waals surface area contributed by atoms with E-state index in [2.05, 4.69) is 40.3 Å². The van der Waals surface area contributed by atoms with Crippen LogP contribution < -0.4 is 10.2 Å². The Kier molecular flexibility index (Phi) is 5.50. The number of aliphatic imine (C=N–C) groups is 1. The van der Waals surface area contributed by atoms with Gasteiger partial charge in [-0.15, -0.1) is 0 Å². The number of nitrogens with one attached hydrogen (secondary N) is 1. The number of benzene rings is 2. The number of aryl methyl sites for hydroxylation is 2. The van der Waals surface area contributed by atoms with E-state index in [4.69, 9.17) is 4.74 Å². The van der Waals surface area contributed by atoms with E-state index in [1.807, 2.05) is 37.3 Å². The van der Waals surface area contributed by atoms with Gasteiger partial charge in [0.2, 0.25) is 0 Å². The van der Waals surface area contributed by atoms with E-state index in [1.54, 1.807) is 0 Å². The molecule has 0 radical (unpaired) electrons. The zero-order valence-electron chi connectivity index (χ0n) is 16.1. The fourth-order valence-electron chi connectivity index (χ4n) is 3.26. The first-order valence-corrected chi connectivity index (χ1v) is 10.2. The standard InChI is InChI=1S/C22H23N3O2S/c1-15-5-3-4-6-19(15)23-22-24-21(26)20(28-22)14-17-7-8-18(13-16(17)2)25-9-11-27-12-10-25/h3-8,13-14H,9-12H2,1-2H3,(H,23,24,26)/b20-14-. The molecule has 0 aromatic heterocycles. The Bertz CT molecular complexity index is 962. The topological polar surface area (TPSA) is 53.9 Å². The summed E-state index contributed by atoms with van der Waals surface area (Å²) >= 11 is 1.38. The van der Waals surface area contributed by atoms with Gasteiger partial charge in [-0.1, -0.05) is 24.3 Å². The molecule has 2 aromatic rings. The largest absolute Gasteiger partial charge is 0.378 e. The number of para-hydroxylation sites is 1. The molecule has 28 heavy (non-hydrogen) atoms. The van der Waals surface area contributed by atoms with Crippen LogP contribution in [0.15, 0.2) is 52.4 Å². The summed E-state index contributed by atoms with van der Waals surface area (Å²) in [7, 11) is 0. The van der Waals surface area contributed by atoms with E-state index in [0.717, 1.165) is 48.7 Å². The van der Waals surface area contributed by atoms with Crippen molar-refractivity contribution in [1.29, 1.82) is 0 Å². The Morgan fingerprint density at radius 2 is 1.89 bits per heavy atom. The van der Waals surface area contributed by atoms with Crippen molar-refractivity contribution in [2.45, 2.75) is 13.8 Å². The molecule has 4 rings (SSSR count). The molecule has 2 aliphatic heterocycles. The van der Waals surface area contributed by atoms with Gasteiger partial charge in [0.25, 0.3) is 5.91 Å². The molecule has 0 atom stereocenters. The third kappa shape index (κ3) is 4.13. The molecular weight excluding hydrogens is 370 g/mol. The summed E-state index contributed by atoms with van der Waals surface area (Å²) in [5.74, 6) is -0.103. The number of hydrogen-bond acceptors (Lipinski definition) is 5. The van der Waals surface area contributed by atoms with E-state index in [9.17, 15) is 4.79 Å². The van der Waals surface area contributed by atoms with Crippen molar-refractivity contribution in [3.63, 3.8) is 0 Å². The summed E-state index contributed by atoms with van der Waals surface area (Å²) in [6, 6.07) is 14.3. The second-order valence-corrected chi connectivity index (χ2v) is 7.94. The third-order valence-corrected chi connectivity index (χ3v) is 5.81. The molecular formula is C22H23N3O2S. The number of nitrogens with zero attached hydrogens (tertiary/aromatic N) is 2. The number of amidine groups is 1. The Morgan fingerprint density at radius 3 is 2.64 bits per heavy atom. The number of anilines is 1. The highest BCUT2D eigenvalue weighted by atomic mass is 32.2. The van der Waals surface area contributed by atoms with Gasteiger partial charge in [0.15, 0.2) is 5.17 Å². The highest BCUT2D eigenvalue weighted by Crippen LogP contribution is 2.30. The fraction of sp³-hybridized carbons (Fsp3) is 0.273. The highest BCUT2D eigenvalue weighted by molar-refractivity contribution is 8.18. The lowest BCUT2D eigenvalue weighted by Gasteiger charge is -2.29. The molecule has 2 saturated heterocycles. The predicted octanol–water partition coefficient (Wildman–Crippen LogP) is 4.03. The van der Waals surface area contributed by atoms with Gasteiger partial charge in [-0.25, -0.2) is 4.99 Å². The highest BCUT2D eigenvalue weighted by Gasteiger charge is 2.24. The summed E-state index contributed by atoms with van der Waals surface area (Å²) in [4.78, 5) is 20.0. The second-order valence-electron chi connectivity index (χ2n) is 6.91. The molecule has 5 nitrogen and oxygen atoms in total. The summed E-state index contributed by atoms with van der Waals surface area (Å²) in [5.41, 5.74) is 5.35. The Labute approximate surface area is 169 Å². The van der Waals surface area contributed by atoms with E-state index in [1.165, 1.54) is 17.4 Å². The number of hydrogen-bond donors (Lipinski definition) is 1. The van der Waals surface area contributed by atoms with E-state index in [-0.39, 0.29) is 5.91 Å². The first-order chi connectivity index (χ1) is 13.6. The molecule has 0 bridgehead atoms. The maximum absolute atomic E-state index is 12.4. The van der Waals surface area contributed by atoms with Crippen LogP contribution in [0.2, 0.25) is 0 Å². The lowest BCUT2D eigenvalue weighted by molar-refractivity contribution is -0.115. The van der Waals surface area contributed by atoms with Crippen molar-refractivity contribution in [3.8, 4) is 0 Å². The zero-order chi connectivity index (χ0) is 19.5. The summed E-state index contributed by atoms with van der Waals surface area (Å²) in [5, 5.41) is 3.48. The van der Waals surface area contributed by atoms with Crippen LogP contribution in [0.25, 0.3) is 6.08 Å². The third-order valence-electron chi connectivity index (χ3n) is 4.90. The zero-order valence-corrected chi connectivity index (χ0v) is 16.9. The number of morpholine rings is 1. The molecule has 1 amide bonds. The molecule has 1 N–H and O–H groups in total. The molecule has 0 unspecified atom stereocenters. The van der Waals surface area contributed by atoms with Crippen LogP contribution >= 0.6 is 11.8 Å². The average molecular weight is 394 g/mol. The minimum absolute atomic E-state index is 0.103. The second kappa shape index (κ2) is 8.20. The average Bonchev–Trinajstić information content (AvgIpc) is 3.05. The van der Waals surface area contributed by atoms with E-state index in [0.29, 0.717) is 10.1 Å². The van der Waals surface area contributed by atoms with Crippen molar-refractivity contribution in [2.24, 2.45) is 4.99 Å². The molecule has 0 aliphatic carbocycles. The monoisotopic (exact) mass is 393 g/mol. The van der Waals surface area contributed by atoms with Crippen LogP contribution in [0.5, 0.6) is 0 Å². The Morgan fingerprint density at radius 1 is 1.11 bits per heavy atom. The molecule has 2 aromatic carbocycles. The smallest absolute Gasteiger partial charge is 0.264 e. The van der Waals surface area contributed by atoms with Gasteiger partial charge in [0.1, 0.15) is 0 Å². The Hall–Kier alpha value is -2.57. The first kappa shape index (κ1) is 18.8. The van der Waals surface area contributed by atoms with Gasteiger partial charge in [-0.05, 0) is 66.6 Å². The maximum Gasteiger partial charge on any atom is 0.264 e. The Balaban J connectivity index is 1.54. The van der Waals surface area contributed by atoms with Gasteiger partial charge >= 0.3 is 0 Å².